The van der Waals surface area contributed by atoms with Crippen molar-refractivity contribution in [3.63, 3.8) is 0 Å². The Kier molecular flexibility index (Phi) is 5.01. The van der Waals surface area contributed by atoms with E-state index >= 15 is 0 Å². The summed E-state index contributed by atoms with van der Waals surface area (Å²) in [5, 5.41) is -0.311. The molecule has 0 amide bonds. The largest absolute Gasteiger partial charge is 0.495 e. The molecule has 1 atom stereocenters. The molecule has 0 fully saturated rings. The minimum absolute atomic E-state index is 0.311. The van der Waals surface area contributed by atoms with E-state index in [1.807, 2.05) is 24.3 Å². The Labute approximate surface area is 134 Å². The van der Waals surface area contributed by atoms with Crippen molar-refractivity contribution < 1.29 is 9.47 Å². The molecule has 0 N–H and O–H groups in total. The summed E-state index contributed by atoms with van der Waals surface area (Å²) in [5.74, 6) is 1.37. The zero-order valence-corrected chi connectivity index (χ0v) is 14.2. The summed E-state index contributed by atoms with van der Waals surface area (Å²) in [6.07, 6.45) is 0. The molecule has 102 valence electrons. The number of thiophene rings is 1. The standard InChI is InChI=1S/C13H11BrCl2O2S/c1-17-8-4-3-7(13(18-2)11(8)14)12(16)9-5-6-10(15)19-9/h3-6,12H,1-2H3. The molecule has 1 unspecified atom stereocenters. The predicted octanol–water partition coefficient (Wildman–Crippen LogP) is 5.51. The molecular formula is C13H11BrCl2O2S. The van der Waals surface area contributed by atoms with Gasteiger partial charge in [0, 0.05) is 10.4 Å². The number of alkyl halides is 1. The van der Waals surface area contributed by atoms with Gasteiger partial charge >= 0.3 is 0 Å². The van der Waals surface area contributed by atoms with Gasteiger partial charge in [0.05, 0.1) is 23.9 Å². The summed E-state index contributed by atoms with van der Waals surface area (Å²) in [7, 11) is 3.21. The van der Waals surface area contributed by atoms with Gasteiger partial charge in [0.15, 0.2) is 0 Å². The zero-order valence-electron chi connectivity index (χ0n) is 10.2. The van der Waals surface area contributed by atoms with Crippen LogP contribution in [0.4, 0.5) is 0 Å². The molecule has 0 saturated heterocycles. The van der Waals surface area contributed by atoms with Gasteiger partial charge in [-0.2, -0.15) is 0 Å². The highest BCUT2D eigenvalue weighted by molar-refractivity contribution is 9.10. The van der Waals surface area contributed by atoms with Gasteiger partial charge in [0.2, 0.25) is 0 Å². The lowest BCUT2D eigenvalue weighted by Gasteiger charge is -2.16. The molecule has 0 aliphatic heterocycles. The molecule has 2 nitrogen and oxygen atoms in total. The number of halogens is 3. The maximum absolute atomic E-state index is 6.51. The lowest BCUT2D eigenvalue weighted by molar-refractivity contribution is 0.386. The lowest BCUT2D eigenvalue weighted by atomic mass is 10.1. The molecule has 0 spiro atoms. The maximum atomic E-state index is 6.51. The SMILES string of the molecule is COc1ccc(C(Cl)c2ccc(Cl)s2)c(OC)c1Br. The smallest absolute Gasteiger partial charge is 0.141 e. The summed E-state index contributed by atoms with van der Waals surface area (Å²) in [5.41, 5.74) is 0.871. The van der Waals surface area contributed by atoms with Crippen molar-refractivity contribution in [2.75, 3.05) is 14.2 Å². The van der Waals surface area contributed by atoms with Crippen molar-refractivity contribution in [2.45, 2.75) is 5.38 Å². The average molecular weight is 382 g/mol. The molecular weight excluding hydrogens is 371 g/mol. The lowest BCUT2D eigenvalue weighted by Crippen LogP contribution is -1.98. The van der Waals surface area contributed by atoms with Crippen LogP contribution in [0.25, 0.3) is 0 Å². The van der Waals surface area contributed by atoms with Crippen LogP contribution in [-0.4, -0.2) is 14.2 Å². The van der Waals surface area contributed by atoms with Crippen LogP contribution in [0, 0.1) is 0 Å². The highest BCUT2D eigenvalue weighted by Crippen LogP contribution is 2.45. The summed E-state index contributed by atoms with van der Waals surface area (Å²) in [6.45, 7) is 0. The fraction of sp³-hybridized carbons (Fsp3) is 0.231. The Balaban J connectivity index is 2.47. The fourth-order valence-corrected chi connectivity index (χ4v) is 3.86. The van der Waals surface area contributed by atoms with Crippen molar-refractivity contribution in [3.05, 3.63) is 43.5 Å². The van der Waals surface area contributed by atoms with E-state index in [2.05, 4.69) is 15.9 Å². The van der Waals surface area contributed by atoms with Crippen LogP contribution in [0.2, 0.25) is 4.34 Å². The quantitative estimate of drug-likeness (QED) is 0.650. The van der Waals surface area contributed by atoms with Gasteiger partial charge in [-0.05, 0) is 40.2 Å². The number of rotatable bonds is 4. The highest BCUT2D eigenvalue weighted by Gasteiger charge is 2.21. The van der Waals surface area contributed by atoms with E-state index in [4.69, 9.17) is 32.7 Å². The van der Waals surface area contributed by atoms with E-state index < -0.39 is 0 Å². The Morgan fingerprint density at radius 3 is 2.42 bits per heavy atom. The average Bonchev–Trinajstić information content (AvgIpc) is 2.84. The first-order valence-electron chi connectivity index (χ1n) is 5.38. The normalized spacial score (nSPS) is 12.3. The van der Waals surface area contributed by atoms with Gasteiger partial charge in [-0.25, -0.2) is 0 Å². The molecule has 1 aromatic carbocycles. The first-order valence-corrected chi connectivity index (χ1v) is 7.80. The minimum atomic E-state index is -0.311. The summed E-state index contributed by atoms with van der Waals surface area (Å²) in [6, 6.07) is 7.50. The Morgan fingerprint density at radius 2 is 1.89 bits per heavy atom. The zero-order chi connectivity index (χ0) is 14.0. The van der Waals surface area contributed by atoms with Crippen LogP contribution in [-0.2, 0) is 0 Å². The number of benzene rings is 1. The number of ether oxygens (including phenoxy) is 2. The third-order valence-electron chi connectivity index (χ3n) is 2.63. The van der Waals surface area contributed by atoms with Crippen LogP contribution in [0.15, 0.2) is 28.7 Å². The van der Waals surface area contributed by atoms with Crippen LogP contribution in [0.5, 0.6) is 11.5 Å². The molecule has 1 heterocycles. The molecule has 0 radical (unpaired) electrons. The van der Waals surface area contributed by atoms with Gasteiger partial charge in [0.1, 0.15) is 16.0 Å². The van der Waals surface area contributed by atoms with Gasteiger partial charge in [-0.15, -0.1) is 22.9 Å². The van der Waals surface area contributed by atoms with Gasteiger partial charge in [0.25, 0.3) is 0 Å². The molecule has 19 heavy (non-hydrogen) atoms. The summed E-state index contributed by atoms with van der Waals surface area (Å²) in [4.78, 5) is 0.974. The summed E-state index contributed by atoms with van der Waals surface area (Å²) < 4.78 is 12.1. The van der Waals surface area contributed by atoms with E-state index in [1.165, 1.54) is 11.3 Å². The van der Waals surface area contributed by atoms with E-state index in [1.54, 1.807) is 14.2 Å². The third kappa shape index (κ3) is 3.02. The van der Waals surface area contributed by atoms with E-state index in [0.717, 1.165) is 14.9 Å². The second kappa shape index (κ2) is 6.35. The van der Waals surface area contributed by atoms with Crippen LogP contribution in [0.3, 0.4) is 0 Å². The molecule has 0 bridgehead atoms. The van der Waals surface area contributed by atoms with Gasteiger partial charge < -0.3 is 9.47 Å². The number of hydrogen-bond acceptors (Lipinski definition) is 3. The van der Waals surface area contributed by atoms with E-state index in [0.29, 0.717) is 15.8 Å². The topological polar surface area (TPSA) is 18.5 Å². The molecule has 2 aromatic rings. The van der Waals surface area contributed by atoms with E-state index in [-0.39, 0.29) is 5.38 Å². The number of methoxy groups -OCH3 is 2. The maximum Gasteiger partial charge on any atom is 0.141 e. The predicted molar refractivity (Wildman–Crippen MR) is 84.3 cm³/mol. The highest BCUT2D eigenvalue weighted by atomic mass is 79.9. The Hall–Kier alpha value is -0.420. The molecule has 1 aromatic heterocycles. The molecule has 6 heteroatoms. The monoisotopic (exact) mass is 380 g/mol. The van der Waals surface area contributed by atoms with Crippen molar-refractivity contribution in [1.82, 2.24) is 0 Å². The Morgan fingerprint density at radius 1 is 1.16 bits per heavy atom. The second-order valence-corrected chi connectivity index (χ2v) is 6.68. The van der Waals surface area contributed by atoms with Crippen LogP contribution < -0.4 is 9.47 Å². The first kappa shape index (κ1) is 15.0. The molecule has 0 aliphatic carbocycles. The second-order valence-electron chi connectivity index (χ2n) is 3.71. The van der Waals surface area contributed by atoms with Crippen molar-refractivity contribution in [2.24, 2.45) is 0 Å². The van der Waals surface area contributed by atoms with Gasteiger partial charge in [-0.1, -0.05) is 11.6 Å². The van der Waals surface area contributed by atoms with Crippen molar-refractivity contribution in [3.8, 4) is 11.5 Å². The molecule has 2 rings (SSSR count). The fourth-order valence-electron chi connectivity index (χ4n) is 1.74. The minimum Gasteiger partial charge on any atom is -0.495 e. The summed E-state index contributed by atoms with van der Waals surface area (Å²) >= 11 is 17.4. The van der Waals surface area contributed by atoms with Crippen LogP contribution >= 0.6 is 50.5 Å². The number of hydrogen-bond donors (Lipinski definition) is 0. The molecule has 0 saturated carbocycles. The first-order chi connectivity index (χ1) is 9.08. The molecule has 0 aliphatic rings. The van der Waals surface area contributed by atoms with Gasteiger partial charge in [-0.3, -0.25) is 0 Å². The van der Waals surface area contributed by atoms with Crippen LogP contribution in [0.1, 0.15) is 15.8 Å². The Bertz CT molecular complexity index is 586. The van der Waals surface area contributed by atoms with Crippen molar-refractivity contribution in [1.29, 1.82) is 0 Å². The van der Waals surface area contributed by atoms with Crippen molar-refractivity contribution >= 4 is 50.5 Å². The third-order valence-corrected chi connectivity index (χ3v) is 5.28. The van der Waals surface area contributed by atoms with E-state index in [9.17, 15) is 0 Å².